The molecule has 0 amide bonds. The standard InChI is InChI=1S/C4H12O2Si.C4H6O2/c1-5-7(3,4)6-2;1-3(2)4(5)6/h1-4H3;1H2,2H3,(H,5,6). The van der Waals surface area contributed by atoms with E-state index in [2.05, 4.69) is 6.58 Å². The molecule has 0 aliphatic rings. The van der Waals surface area contributed by atoms with E-state index in [0.717, 1.165) is 0 Å². The van der Waals surface area contributed by atoms with Crippen LogP contribution in [0.3, 0.4) is 0 Å². The summed E-state index contributed by atoms with van der Waals surface area (Å²) in [5.41, 5.74) is 0.176. The third-order valence-corrected chi connectivity index (χ3v) is 3.31. The molecule has 78 valence electrons. The maximum absolute atomic E-state index is 9.60. The van der Waals surface area contributed by atoms with Crippen molar-refractivity contribution in [1.29, 1.82) is 0 Å². The minimum Gasteiger partial charge on any atom is -0.478 e. The maximum atomic E-state index is 9.60. The summed E-state index contributed by atoms with van der Waals surface area (Å²) in [6.45, 7) is 8.59. The molecular weight excluding hydrogens is 188 g/mol. The molecule has 0 saturated carbocycles. The van der Waals surface area contributed by atoms with Crippen molar-refractivity contribution in [3.63, 3.8) is 0 Å². The van der Waals surface area contributed by atoms with Gasteiger partial charge in [-0.25, -0.2) is 4.79 Å². The Kier molecular flexibility index (Phi) is 7.79. The average molecular weight is 206 g/mol. The summed E-state index contributed by atoms with van der Waals surface area (Å²) < 4.78 is 10.0. The predicted molar refractivity (Wildman–Crippen MR) is 53.9 cm³/mol. The first-order chi connectivity index (χ1) is 5.76. The van der Waals surface area contributed by atoms with Gasteiger partial charge in [-0.2, -0.15) is 0 Å². The minimum absolute atomic E-state index is 0.176. The van der Waals surface area contributed by atoms with Crippen molar-refractivity contribution in [3.8, 4) is 0 Å². The normalized spacial score (nSPS) is 9.92. The Hall–Kier alpha value is -0.653. The van der Waals surface area contributed by atoms with E-state index in [4.69, 9.17) is 14.0 Å². The first-order valence-corrected chi connectivity index (χ1v) is 6.57. The number of carbonyl (C=O) groups is 1. The molecule has 5 heteroatoms. The molecule has 0 aliphatic carbocycles. The molecule has 1 N–H and O–H groups in total. The zero-order chi connectivity index (χ0) is 11.1. The first kappa shape index (κ1) is 14.8. The zero-order valence-electron chi connectivity index (χ0n) is 8.88. The Bertz CT molecular complexity index is 159. The number of carboxylic acid groups (broad SMARTS) is 1. The van der Waals surface area contributed by atoms with E-state index < -0.39 is 14.5 Å². The molecule has 0 aromatic rings. The fraction of sp³-hybridized carbons (Fsp3) is 0.625. The first-order valence-electron chi connectivity index (χ1n) is 3.76. The van der Waals surface area contributed by atoms with Crippen LogP contribution < -0.4 is 0 Å². The van der Waals surface area contributed by atoms with E-state index in [1.807, 2.05) is 13.1 Å². The second-order valence-electron chi connectivity index (χ2n) is 2.89. The third kappa shape index (κ3) is 11.3. The summed E-state index contributed by atoms with van der Waals surface area (Å²) in [4.78, 5) is 9.60. The van der Waals surface area contributed by atoms with Gasteiger partial charge in [-0.1, -0.05) is 6.58 Å². The van der Waals surface area contributed by atoms with Crippen molar-refractivity contribution in [2.24, 2.45) is 0 Å². The fourth-order valence-electron chi connectivity index (χ4n) is 0.0833. The molecule has 0 heterocycles. The van der Waals surface area contributed by atoms with E-state index in [1.54, 1.807) is 14.2 Å². The van der Waals surface area contributed by atoms with E-state index in [9.17, 15) is 4.79 Å². The zero-order valence-corrected chi connectivity index (χ0v) is 9.88. The molecule has 0 rings (SSSR count). The molecule has 0 fully saturated rings. The molecule has 4 nitrogen and oxygen atoms in total. The molecular formula is C8H18O4Si. The minimum atomic E-state index is -1.65. The largest absolute Gasteiger partial charge is 0.478 e. The molecule has 0 saturated heterocycles. The molecule has 0 atom stereocenters. The van der Waals surface area contributed by atoms with Gasteiger partial charge in [0.15, 0.2) is 0 Å². The smallest absolute Gasteiger partial charge is 0.331 e. The van der Waals surface area contributed by atoms with Crippen molar-refractivity contribution in [2.45, 2.75) is 20.0 Å². The van der Waals surface area contributed by atoms with E-state index in [-0.39, 0.29) is 5.57 Å². The topological polar surface area (TPSA) is 55.8 Å². The average Bonchev–Trinajstić information content (AvgIpc) is 2.05. The highest BCUT2D eigenvalue weighted by molar-refractivity contribution is 6.64. The van der Waals surface area contributed by atoms with Crippen molar-refractivity contribution in [3.05, 3.63) is 12.2 Å². The summed E-state index contributed by atoms with van der Waals surface area (Å²) >= 11 is 0. The lowest BCUT2D eigenvalue weighted by molar-refractivity contribution is -0.132. The van der Waals surface area contributed by atoms with Crippen LogP contribution >= 0.6 is 0 Å². The van der Waals surface area contributed by atoms with Crippen LogP contribution in [0.2, 0.25) is 13.1 Å². The quantitative estimate of drug-likeness (QED) is 0.563. The van der Waals surface area contributed by atoms with Crippen LogP contribution in [0.5, 0.6) is 0 Å². The van der Waals surface area contributed by atoms with Crippen molar-refractivity contribution >= 4 is 14.5 Å². The fourth-order valence-corrected chi connectivity index (χ4v) is 0.250. The highest BCUT2D eigenvalue weighted by Gasteiger charge is 2.19. The molecule has 0 radical (unpaired) electrons. The summed E-state index contributed by atoms with van der Waals surface area (Å²) in [5.74, 6) is -0.935. The SMILES string of the molecule is C=C(C)C(=O)O.CO[Si](C)(C)OC. The van der Waals surface area contributed by atoms with E-state index >= 15 is 0 Å². The molecule has 0 unspecified atom stereocenters. The predicted octanol–water partition coefficient (Wildman–Crippen LogP) is 1.63. The Morgan fingerprint density at radius 2 is 1.54 bits per heavy atom. The number of hydrogen-bond donors (Lipinski definition) is 1. The molecule has 0 aliphatic heterocycles. The van der Waals surface area contributed by atoms with Crippen LogP contribution in [-0.4, -0.2) is 33.9 Å². The molecule has 0 bridgehead atoms. The van der Waals surface area contributed by atoms with Gasteiger partial charge >= 0.3 is 14.5 Å². The summed E-state index contributed by atoms with van der Waals surface area (Å²) in [6, 6.07) is 0. The van der Waals surface area contributed by atoms with Crippen molar-refractivity contribution in [2.75, 3.05) is 14.2 Å². The molecule has 0 aromatic carbocycles. The van der Waals surface area contributed by atoms with Crippen LogP contribution in [0.25, 0.3) is 0 Å². The van der Waals surface area contributed by atoms with Gasteiger partial charge in [-0.3, -0.25) is 0 Å². The van der Waals surface area contributed by atoms with Gasteiger partial charge in [0.25, 0.3) is 0 Å². The van der Waals surface area contributed by atoms with Gasteiger partial charge in [-0.15, -0.1) is 0 Å². The van der Waals surface area contributed by atoms with Crippen LogP contribution in [0, 0.1) is 0 Å². The summed E-state index contributed by atoms with van der Waals surface area (Å²) in [7, 11) is 1.70. The Balaban J connectivity index is 0. The molecule has 13 heavy (non-hydrogen) atoms. The number of carboxylic acids is 1. The van der Waals surface area contributed by atoms with Crippen LogP contribution in [-0.2, 0) is 13.6 Å². The highest BCUT2D eigenvalue weighted by Crippen LogP contribution is 1.99. The molecule has 0 spiro atoms. The van der Waals surface area contributed by atoms with Gasteiger partial charge in [-0.05, 0) is 20.0 Å². The number of rotatable bonds is 3. The van der Waals surface area contributed by atoms with Gasteiger partial charge < -0.3 is 14.0 Å². The number of hydrogen-bond acceptors (Lipinski definition) is 3. The van der Waals surface area contributed by atoms with Gasteiger partial charge in [0, 0.05) is 19.8 Å². The Labute approximate surface area is 80.4 Å². The Morgan fingerprint density at radius 1 is 1.31 bits per heavy atom. The lowest BCUT2D eigenvalue weighted by atomic mass is 10.4. The monoisotopic (exact) mass is 206 g/mol. The Morgan fingerprint density at radius 3 is 1.54 bits per heavy atom. The second-order valence-corrected chi connectivity index (χ2v) is 6.51. The van der Waals surface area contributed by atoms with Gasteiger partial charge in [0.2, 0.25) is 0 Å². The van der Waals surface area contributed by atoms with Crippen molar-refractivity contribution < 1.29 is 18.8 Å². The molecule has 0 aromatic heterocycles. The van der Waals surface area contributed by atoms with Crippen LogP contribution in [0.4, 0.5) is 0 Å². The lowest BCUT2D eigenvalue weighted by Crippen LogP contribution is -2.31. The summed E-state index contributed by atoms with van der Waals surface area (Å²) in [6.07, 6.45) is 0. The lowest BCUT2D eigenvalue weighted by Gasteiger charge is -2.15. The maximum Gasteiger partial charge on any atom is 0.331 e. The van der Waals surface area contributed by atoms with Gasteiger partial charge in [0.1, 0.15) is 0 Å². The number of aliphatic carboxylic acids is 1. The highest BCUT2D eigenvalue weighted by atomic mass is 28.4. The van der Waals surface area contributed by atoms with E-state index in [0.29, 0.717) is 0 Å². The van der Waals surface area contributed by atoms with Gasteiger partial charge in [0.05, 0.1) is 0 Å². The second kappa shape index (κ2) is 6.82. The van der Waals surface area contributed by atoms with Crippen molar-refractivity contribution in [1.82, 2.24) is 0 Å². The third-order valence-electron chi connectivity index (χ3n) is 1.35. The van der Waals surface area contributed by atoms with Crippen LogP contribution in [0.1, 0.15) is 6.92 Å². The van der Waals surface area contributed by atoms with Crippen LogP contribution in [0.15, 0.2) is 12.2 Å². The van der Waals surface area contributed by atoms with E-state index in [1.165, 1.54) is 6.92 Å². The summed E-state index contributed by atoms with van der Waals surface area (Å²) in [5, 5.41) is 7.89.